The Balaban J connectivity index is 2.22. The molecule has 2 rings (SSSR count). The Kier molecular flexibility index (Phi) is 4.50. The zero-order valence-electron chi connectivity index (χ0n) is 11.1. The fourth-order valence-corrected chi connectivity index (χ4v) is 3.23. The first-order valence-corrected chi connectivity index (χ1v) is 7.23. The lowest BCUT2D eigenvalue weighted by Crippen LogP contribution is -2.36. The van der Waals surface area contributed by atoms with Gasteiger partial charge in [0.05, 0.1) is 5.88 Å². The lowest BCUT2D eigenvalue weighted by molar-refractivity contribution is 0.336. The molecule has 0 bridgehead atoms. The van der Waals surface area contributed by atoms with Crippen LogP contribution in [0.5, 0.6) is 0 Å². The molecule has 1 saturated carbocycles. The van der Waals surface area contributed by atoms with Crippen molar-refractivity contribution < 1.29 is 4.39 Å². The van der Waals surface area contributed by atoms with E-state index in [2.05, 4.69) is 18.9 Å². The summed E-state index contributed by atoms with van der Waals surface area (Å²) in [5, 5.41) is 0. The zero-order valence-corrected chi connectivity index (χ0v) is 11.9. The molecular weight excluding hydrogens is 249 g/mol. The maximum atomic E-state index is 13.7. The second-order valence-electron chi connectivity index (χ2n) is 5.41. The Morgan fingerprint density at radius 2 is 2.17 bits per heavy atom. The SMILES string of the molecule is CC1CCCC(N(C)c2cccc(F)c2CCl)C1. The van der Waals surface area contributed by atoms with Crippen LogP contribution >= 0.6 is 11.6 Å². The lowest BCUT2D eigenvalue weighted by Gasteiger charge is -2.36. The van der Waals surface area contributed by atoms with E-state index in [4.69, 9.17) is 11.6 Å². The van der Waals surface area contributed by atoms with Gasteiger partial charge in [-0.1, -0.05) is 25.8 Å². The third kappa shape index (κ3) is 2.80. The van der Waals surface area contributed by atoms with Gasteiger partial charge in [-0.15, -0.1) is 11.6 Å². The van der Waals surface area contributed by atoms with E-state index in [9.17, 15) is 4.39 Å². The topological polar surface area (TPSA) is 3.24 Å². The molecule has 1 aliphatic carbocycles. The Morgan fingerprint density at radius 3 is 2.83 bits per heavy atom. The van der Waals surface area contributed by atoms with Crippen molar-refractivity contribution in [2.45, 2.75) is 44.5 Å². The summed E-state index contributed by atoms with van der Waals surface area (Å²) in [7, 11) is 2.06. The summed E-state index contributed by atoms with van der Waals surface area (Å²) in [5.41, 5.74) is 1.57. The average Bonchev–Trinajstić information content (AvgIpc) is 2.37. The van der Waals surface area contributed by atoms with Gasteiger partial charge in [0.15, 0.2) is 0 Å². The maximum absolute atomic E-state index is 13.7. The van der Waals surface area contributed by atoms with Crippen LogP contribution in [0.3, 0.4) is 0 Å². The Hall–Kier alpha value is -0.760. The quantitative estimate of drug-likeness (QED) is 0.726. The summed E-state index contributed by atoms with van der Waals surface area (Å²) >= 11 is 5.88. The molecule has 3 heteroatoms. The van der Waals surface area contributed by atoms with Crippen LogP contribution in [0.2, 0.25) is 0 Å². The van der Waals surface area contributed by atoms with Crippen LogP contribution in [0, 0.1) is 11.7 Å². The number of nitrogens with zero attached hydrogens (tertiary/aromatic N) is 1. The van der Waals surface area contributed by atoms with E-state index >= 15 is 0 Å². The lowest BCUT2D eigenvalue weighted by atomic mass is 9.86. The largest absolute Gasteiger partial charge is 0.371 e. The highest BCUT2D eigenvalue weighted by Gasteiger charge is 2.24. The van der Waals surface area contributed by atoms with E-state index in [0.717, 1.165) is 11.6 Å². The van der Waals surface area contributed by atoms with Gasteiger partial charge in [-0.25, -0.2) is 4.39 Å². The predicted octanol–water partition coefficient (Wildman–Crippen LogP) is 4.58. The minimum Gasteiger partial charge on any atom is -0.371 e. The normalized spacial score (nSPS) is 24.0. The molecule has 0 aromatic heterocycles. The van der Waals surface area contributed by atoms with Gasteiger partial charge in [0.25, 0.3) is 0 Å². The van der Waals surface area contributed by atoms with Crippen LogP contribution in [-0.4, -0.2) is 13.1 Å². The first-order chi connectivity index (χ1) is 8.63. The van der Waals surface area contributed by atoms with Crippen molar-refractivity contribution in [1.29, 1.82) is 0 Å². The van der Waals surface area contributed by atoms with E-state index < -0.39 is 0 Å². The number of anilines is 1. The van der Waals surface area contributed by atoms with Crippen LogP contribution < -0.4 is 4.90 Å². The molecule has 1 nitrogen and oxygen atoms in total. The second kappa shape index (κ2) is 5.92. The highest BCUT2D eigenvalue weighted by atomic mass is 35.5. The van der Waals surface area contributed by atoms with Crippen molar-refractivity contribution in [1.82, 2.24) is 0 Å². The molecule has 0 aliphatic heterocycles. The highest BCUT2D eigenvalue weighted by molar-refractivity contribution is 6.17. The highest BCUT2D eigenvalue weighted by Crippen LogP contribution is 2.32. The summed E-state index contributed by atoms with van der Waals surface area (Å²) in [6.07, 6.45) is 4.96. The third-order valence-electron chi connectivity index (χ3n) is 4.06. The summed E-state index contributed by atoms with van der Waals surface area (Å²) in [6, 6.07) is 5.74. The number of benzene rings is 1. The molecule has 2 atom stereocenters. The summed E-state index contributed by atoms with van der Waals surface area (Å²) in [4.78, 5) is 2.22. The second-order valence-corrected chi connectivity index (χ2v) is 5.67. The molecule has 0 radical (unpaired) electrons. The Morgan fingerprint density at radius 1 is 1.39 bits per heavy atom. The smallest absolute Gasteiger partial charge is 0.129 e. The van der Waals surface area contributed by atoms with Gasteiger partial charge in [0, 0.05) is 24.3 Å². The van der Waals surface area contributed by atoms with Gasteiger partial charge in [-0.2, -0.15) is 0 Å². The molecule has 0 heterocycles. The maximum Gasteiger partial charge on any atom is 0.129 e. The van der Waals surface area contributed by atoms with E-state index in [1.165, 1.54) is 31.7 Å². The zero-order chi connectivity index (χ0) is 13.1. The molecule has 0 saturated heterocycles. The van der Waals surface area contributed by atoms with Crippen molar-refractivity contribution in [2.24, 2.45) is 5.92 Å². The third-order valence-corrected chi connectivity index (χ3v) is 4.33. The number of halogens is 2. The van der Waals surface area contributed by atoms with E-state index in [1.807, 2.05) is 6.07 Å². The van der Waals surface area contributed by atoms with Crippen molar-refractivity contribution >= 4 is 17.3 Å². The van der Waals surface area contributed by atoms with Crippen molar-refractivity contribution in [3.8, 4) is 0 Å². The summed E-state index contributed by atoms with van der Waals surface area (Å²) < 4.78 is 13.7. The van der Waals surface area contributed by atoms with Gasteiger partial charge in [-0.05, 0) is 30.9 Å². The van der Waals surface area contributed by atoms with Gasteiger partial charge >= 0.3 is 0 Å². The number of hydrogen-bond donors (Lipinski definition) is 0. The molecule has 100 valence electrons. The number of alkyl halides is 1. The first kappa shape index (κ1) is 13.7. The Bertz CT molecular complexity index is 407. The van der Waals surface area contributed by atoms with E-state index in [-0.39, 0.29) is 11.7 Å². The minimum absolute atomic E-state index is 0.196. The van der Waals surface area contributed by atoms with Gasteiger partial charge in [-0.3, -0.25) is 0 Å². The van der Waals surface area contributed by atoms with Crippen LogP contribution in [-0.2, 0) is 5.88 Å². The van der Waals surface area contributed by atoms with Gasteiger partial charge < -0.3 is 4.90 Å². The average molecular weight is 270 g/mol. The number of hydrogen-bond acceptors (Lipinski definition) is 1. The summed E-state index contributed by atoms with van der Waals surface area (Å²) in [6.45, 7) is 2.30. The van der Waals surface area contributed by atoms with Crippen molar-refractivity contribution in [2.75, 3.05) is 11.9 Å². The fraction of sp³-hybridized carbons (Fsp3) is 0.600. The molecule has 18 heavy (non-hydrogen) atoms. The molecule has 2 unspecified atom stereocenters. The molecular formula is C15H21ClFN. The molecule has 0 amide bonds. The molecule has 1 aromatic rings. The molecule has 1 aromatic carbocycles. The van der Waals surface area contributed by atoms with Crippen LogP contribution in [0.25, 0.3) is 0 Å². The standard InChI is InChI=1S/C15H21ClFN/c1-11-5-3-6-12(9-11)18(2)15-8-4-7-14(17)13(15)10-16/h4,7-8,11-12H,3,5-6,9-10H2,1-2H3. The molecule has 0 N–H and O–H groups in total. The molecule has 1 fully saturated rings. The van der Waals surface area contributed by atoms with Crippen molar-refractivity contribution in [3.63, 3.8) is 0 Å². The monoisotopic (exact) mass is 269 g/mol. The van der Waals surface area contributed by atoms with E-state index in [0.29, 0.717) is 11.6 Å². The molecule has 1 aliphatic rings. The summed E-state index contributed by atoms with van der Waals surface area (Å²) in [5.74, 6) is 0.798. The number of rotatable bonds is 3. The first-order valence-electron chi connectivity index (χ1n) is 6.69. The van der Waals surface area contributed by atoms with Crippen LogP contribution in [0.4, 0.5) is 10.1 Å². The van der Waals surface area contributed by atoms with Crippen LogP contribution in [0.1, 0.15) is 38.2 Å². The minimum atomic E-state index is -0.196. The van der Waals surface area contributed by atoms with Gasteiger partial charge in [0.2, 0.25) is 0 Å². The molecule has 0 spiro atoms. The Labute approximate surface area is 114 Å². The van der Waals surface area contributed by atoms with Crippen molar-refractivity contribution in [3.05, 3.63) is 29.6 Å². The van der Waals surface area contributed by atoms with Gasteiger partial charge in [0.1, 0.15) is 5.82 Å². The predicted molar refractivity (Wildman–Crippen MR) is 75.8 cm³/mol. The van der Waals surface area contributed by atoms with E-state index in [1.54, 1.807) is 6.07 Å². The fourth-order valence-electron chi connectivity index (χ4n) is 2.96. The van der Waals surface area contributed by atoms with Crippen LogP contribution in [0.15, 0.2) is 18.2 Å².